The molecule has 2 heterocycles. The molecule has 2 amide bonds. The Morgan fingerprint density at radius 1 is 1.03 bits per heavy atom. The molecule has 6 nitrogen and oxygen atoms in total. The molecule has 0 saturated heterocycles. The largest absolute Gasteiger partial charge is 0.334 e. The first-order valence-corrected chi connectivity index (χ1v) is 11.1. The van der Waals surface area contributed by atoms with E-state index in [2.05, 4.69) is 15.5 Å². The molecule has 3 aromatic carbocycles. The van der Waals surface area contributed by atoms with Crippen LogP contribution in [0.4, 0.5) is 9.18 Å². The molecule has 0 bridgehead atoms. The van der Waals surface area contributed by atoms with Crippen LogP contribution in [0.15, 0.2) is 89.1 Å². The van der Waals surface area contributed by atoms with E-state index in [0.29, 0.717) is 27.7 Å². The van der Waals surface area contributed by atoms with E-state index in [4.69, 9.17) is 16.1 Å². The van der Waals surface area contributed by atoms with Crippen LogP contribution in [0, 0.1) is 5.82 Å². The predicted octanol–water partition coefficient (Wildman–Crippen LogP) is 6.23. The molecule has 1 unspecified atom stereocenters. The van der Waals surface area contributed by atoms with Crippen molar-refractivity contribution in [2.75, 3.05) is 0 Å². The van der Waals surface area contributed by atoms with Gasteiger partial charge in [0.15, 0.2) is 0 Å². The van der Waals surface area contributed by atoms with Gasteiger partial charge in [0.05, 0.1) is 18.2 Å². The standard InChI is InChI=1S/C26H20ClFN4O2/c1-16-22(25-30-24(31-34-25)18-11-13-20(27)14-12-18)23(17-7-3-2-4-8-17)29-26(33)32(16)15-19-9-5-6-10-21(19)28/h2-14,23H,15H2,1H3,(H,29,33). The number of aromatic nitrogens is 2. The summed E-state index contributed by atoms with van der Waals surface area (Å²) in [5.74, 6) is 0.295. The molecule has 0 spiro atoms. The lowest BCUT2D eigenvalue weighted by Gasteiger charge is -2.35. The van der Waals surface area contributed by atoms with E-state index in [1.807, 2.05) is 30.3 Å². The van der Waals surface area contributed by atoms with Crippen molar-refractivity contribution in [3.8, 4) is 11.4 Å². The minimum absolute atomic E-state index is 0.0630. The Bertz CT molecular complexity index is 1370. The molecule has 34 heavy (non-hydrogen) atoms. The van der Waals surface area contributed by atoms with Crippen LogP contribution in [0.25, 0.3) is 17.0 Å². The van der Waals surface area contributed by atoms with Gasteiger partial charge in [-0.25, -0.2) is 9.18 Å². The normalized spacial score (nSPS) is 16.0. The highest BCUT2D eigenvalue weighted by Crippen LogP contribution is 2.38. The summed E-state index contributed by atoms with van der Waals surface area (Å²) in [7, 11) is 0. The molecule has 170 valence electrons. The van der Waals surface area contributed by atoms with Crippen LogP contribution in [0.1, 0.15) is 30.0 Å². The van der Waals surface area contributed by atoms with Gasteiger partial charge in [0, 0.05) is 21.8 Å². The molecule has 0 saturated carbocycles. The summed E-state index contributed by atoms with van der Waals surface area (Å²) >= 11 is 6.00. The van der Waals surface area contributed by atoms with E-state index in [1.165, 1.54) is 11.0 Å². The zero-order valence-corrected chi connectivity index (χ0v) is 19.0. The van der Waals surface area contributed by atoms with Crippen molar-refractivity contribution < 1.29 is 13.7 Å². The zero-order chi connectivity index (χ0) is 23.7. The quantitative estimate of drug-likeness (QED) is 0.372. The van der Waals surface area contributed by atoms with Gasteiger partial charge in [0.2, 0.25) is 5.82 Å². The maximum atomic E-state index is 14.4. The van der Waals surface area contributed by atoms with E-state index < -0.39 is 6.04 Å². The fourth-order valence-corrected chi connectivity index (χ4v) is 4.12. The predicted molar refractivity (Wildman–Crippen MR) is 127 cm³/mol. The number of rotatable bonds is 5. The summed E-state index contributed by atoms with van der Waals surface area (Å²) in [4.78, 5) is 19.2. The minimum Gasteiger partial charge on any atom is -0.334 e. The number of urea groups is 1. The fourth-order valence-electron chi connectivity index (χ4n) is 3.99. The number of nitrogens with zero attached hydrogens (tertiary/aromatic N) is 3. The Kier molecular flexibility index (Phi) is 5.86. The second-order valence-corrected chi connectivity index (χ2v) is 8.34. The molecule has 1 N–H and O–H groups in total. The van der Waals surface area contributed by atoms with Crippen molar-refractivity contribution in [2.45, 2.75) is 19.5 Å². The van der Waals surface area contributed by atoms with Gasteiger partial charge >= 0.3 is 6.03 Å². The number of carbonyl (C=O) groups is 1. The molecule has 1 atom stereocenters. The molecule has 0 radical (unpaired) electrons. The Labute approximate surface area is 200 Å². The van der Waals surface area contributed by atoms with Gasteiger partial charge in [-0.3, -0.25) is 4.90 Å². The highest BCUT2D eigenvalue weighted by atomic mass is 35.5. The van der Waals surface area contributed by atoms with Crippen LogP contribution in [-0.4, -0.2) is 21.1 Å². The van der Waals surface area contributed by atoms with Crippen molar-refractivity contribution in [2.24, 2.45) is 0 Å². The van der Waals surface area contributed by atoms with E-state index in [-0.39, 0.29) is 24.3 Å². The maximum absolute atomic E-state index is 14.4. The van der Waals surface area contributed by atoms with Crippen LogP contribution in [0.5, 0.6) is 0 Å². The second kappa shape index (κ2) is 9.11. The number of benzene rings is 3. The third-order valence-electron chi connectivity index (χ3n) is 5.77. The van der Waals surface area contributed by atoms with Gasteiger partial charge in [-0.2, -0.15) is 4.98 Å². The van der Waals surface area contributed by atoms with Gasteiger partial charge in [-0.15, -0.1) is 0 Å². The van der Waals surface area contributed by atoms with Crippen molar-refractivity contribution in [1.29, 1.82) is 0 Å². The topological polar surface area (TPSA) is 71.3 Å². The average Bonchev–Trinajstić information content (AvgIpc) is 3.33. The van der Waals surface area contributed by atoms with Gasteiger partial charge < -0.3 is 9.84 Å². The number of halogens is 2. The third-order valence-corrected chi connectivity index (χ3v) is 6.03. The van der Waals surface area contributed by atoms with Crippen molar-refractivity contribution in [3.05, 3.63) is 112 Å². The number of hydrogen-bond donors (Lipinski definition) is 1. The summed E-state index contributed by atoms with van der Waals surface area (Å²) in [6, 6.07) is 22.2. The summed E-state index contributed by atoms with van der Waals surface area (Å²) in [5, 5.41) is 7.77. The first-order chi connectivity index (χ1) is 16.5. The molecule has 1 aromatic heterocycles. The molecular weight excluding hydrogens is 455 g/mol. The number of hydrogen-bond acceptors (Lipinski definition) is 4. The number of amides is 2. The van der Waals surface area contributed by atoms with Gasteiger partial charge in [0.1, 0.15) is 5.82 Å². The highest BCUT2D eigenvalue weighted by Gasteiger charge is 2.36. The summed E-state index contributed by atoms with van der Waals surface area (Å²) in [6.45, 7) is 1.87. The summed E-state index contributed by atoms with van der Waals surface area (Å²) in [6.07, 6.45) is 0. The van der Waals surface area contributed by atoms with Gasteiger partial charge in [-0.1, -0.05) is 65.3 Å². The number of carbonyl (C=O) groups excluding carboxylic acids is 1. The van der Waals surface area contributed by atoms with Crippen molar-refractivity contribution in [3.63, 3.8) is 0 Å². The number of allylic oxidation sites excluding steroid dienone is 1. The smallest absolute Gasteiger partial charge is 0.322 e. The molecule has 1 aliphatic rings. The van der Waals surface area contributed by atoms with Crippen LogP contribution < -0.4 is 5.32 Å². The van der Waals surface area contributed by atoms with Crippen LogP contribution in [-0.2, 0) is 6.54 Å². The minimum atomic E-state index is -0.510. The first kappa shape index (κ1) is 21.9. The van der Waals surface area contributed by atoms with Crippen LogP contribution in [0.3, 0.4) is 0 Å². The van der Waals surface area contributed by atoms with Crippen LogP contribution >= 0.6 is 11.6 Å². The molecular formula is C26H20ClFN4O2. The molecule has 1 aliphatic heterocycles. The van der Waals surface area contributed by atoms with E-state index in [0.717, 1.165) is 11.1 Å². The molecule has 0 fully saturated rings. The van der Waals surface area contributed by atoms with Crippen LogP contribution in [0.2, 0.25) is 5.02 Å². The summed E-state index contributed by atoms with van der Waals surface area (Å²) < 4.78 is 20.0. The second-order valence-electron chi connectivity index (χ2n) is 7.90. The fraction of sp³-hybridized carbons (Fsp3) is 0.115. The lowest BCUT2D eigenvalue weighted by atomic mass is 9.94. The van der Waals surface area contributed by atoms with E-state index >= 15 is 0 Å². The Morgan fingerprint density at radius 2 is 1.74 bits per heavy atom. The molecule has 4 aromatic rings. The Morgan fingerprint density at radius 3 is 2.47 bits per heavy atom. The zero-order valence-electron chi connectivity index (χ0n) is 18.2. The van der Waals surface area contributed by atoms with E-state index in [1.54, 1.807) is 49.4 Å². The van der Waals surface area contributed by atoms with Gasteiger partial charge in [0.25, 0.3) is 5.89 Å². The third kappa shape index (κ3) is 4.18. The van der Waals surface area contributed by atoms with Gasteiger partial charge in [-0.05, 0) is 42.8 Å². The number of nitrogens with one attached hydrogen (secondary N) is 1. The average molecular weight is 475 g/mol. The Hall–Kier alpha value is -3.97. The van der Waals surface area contributed by atoms with Crippen molar-refractivity contribution in [1.82, 2.24) is 20.4 Å². The first-order valence-electron chi connectivity index (χ1n) is 10.7. The SMILES string of the molecule is CC1=C(c2nc(-c3ccc(Cl)cc3)no2)C(c2ccccc2)NC(=O)N1Cc1ccccc1F. The monoisotopic (exact) mass is 474 g/mol. The molecule has 0 aliphatic carbocycles. The maximum Gasteiger partial charge on any atom is 0.322 e. The lowest BCUT2D eigenvalue weighted by molar-refractivity contribution is 0.202. The van der Waals surface area contributed by atoms with Crippen molar-refractivity contribution >= 4 is 23.2 Å². The highest BCUT2D eigenvalue weighted by molar-refractivity contribution is 6.30. The molecule has 5 rings (SSSR count). The Balaban J connectivity index is 1.60. The summed E-state index contributed by atoms with van der Waals surface area (Å²) in [5.41, 5.74) is 3.27. The van der Waals surface area contributed by atoms with E-state index in [9.17, 15) is 9.18 Å². The molecule has 8 heteroatoms. The lowest BCUT2D eigenvalue weighted by Crippen LogP contribution is -2.45.